The molecule has 0 fully saturated rings. The summed E-state index contributed by atoms with van der Waals surface area (Å²) in [5.74, 6) is 0. The van der Waals surface area contributed by atoms with Crippen molar-refractivity contribution in [2.24, 2.45) is 0 Å². The van der Waals surface area contributed by atoms with E-state index in [-0.39, 0.29) is 5.71 Å². The molecule has 0 aliphatic heterocycles. The number of aliphatic hydroxyl groups is 1. The van der Waals surface area contributed by atoms with Crippen LogP contribution in [0.1, 0.15) is 39.7 Å². The molecular formula is C16H28N2O2. The highest BCUT2D eigenvalue weighted by Gasteiger charge is 1.98. The minimum absolute atomic E-state index is 0.0283. The molecule has 0 aromatic heterocycles. The Balaban J connectivity index is 0. The van der Waals surface area contributed by atoms with Gasteiger partial charge in [-0.1, -0.05) is 37.3 Å². The van der Waals surface area contributed by atoms with Crippen molar-refractivity contribution in [2.45, 2.75) is 39.7 Å². The highest BCUT2D eigenvalue weighted by Crippen LogP contribution is 1.96. The average Bonchev–Trinajstić information content (AvgIpc) is 2.38. The Morgan fingerprint density at radius 2 is 1.75 bits per heavy atom. The minimum atomic E-state index is -0.500. The van der Waals surface area contributed by atoms with Gasteiger partial charge in [-0.15, -0.1) is 0 Å². The van der Waals surface area contributed by atoms with Crippen LogP contribution < -0.4 is 5.32 Å². The van der Waals surface area contributed by atoms with Crippen molar-refractivity contribution < 1.29 is 9.90 Å². The molecule has 20 heavy (non-hydrogen) atoms. The molecule has 0 spiro atoms. The standard InChI is InChI=1S/C8H7NO.C4H11N.C4H10O/c9-8(6-10)7-4-2-1-3-5-7;1-3-4-5-2;1-4(2,3)5/h1-6,9H;5H,3-4H2,1-2H3;5H,1-3H3. The van der Waals surface area contributed by atoms with E-state index in [0.29, 0.717) is 11.8 Å². The Morgan fingerprint density at radius 3 is 2.00 bits per heavy atom. The zero-order valence-electron chi connectivity index (χ0n) is 13.2. The fourth-order valence-corrected chi connectivity index (χ4v) is 0.936. The summed E-state index contributed by atoms with van der Waals surface area (Å²) in [5, 5.41) is 18.6. The molecule has 0 amide bonds. The molecule has 1 rings (SSSR count). The average molecular weight is 280 g/mol. The van der Waals surface area contributed by atoms with Crippen LogP contribution in [-0.4, -0.2) is 36.3 Å². The van der Waals surface area contributed by atoms with E-state index < -0.39 is 5.60 Å². The van der Waals surface area contributed by atoms with Crippen LogP contribution in [0.3, 0.4) is 0 Å². The lowest BCUT2D eigenvalue weighted by molar-refractivity contribution is -0.102. The van der Waals surface area contributed by atoms with Crippen LogP contribution in [0, 0.1) is 5.41 Å². The molecule has 1 aromatic carbocycles. The van der Waals surface area contributed by atoms with Gasteiger partial charge in [0.1, 0.15) is 5.71 Å². The maximum Gasteiger partial charge on any atom is 0.168 e. The van der Waals surface area contributed by atoms with Gasteiger partial charge in [0, 0.05) is 5.56 Å². The van der Waals surface area contributed by atoms with Gasteiger partial charge in [-0.2, -0.15) is 0 Å². The number of carbonyl (C=O) groups is 1. The summed E-state index contributed by atoms with van der Waals surface area (Å²) < 4.78 is 0. The first-order chi connectivity index (χ1) is 9.26. The summed E-state index contributed by atoms with van der Waals surface area (Å²) in [7, 11) is 1.96. The SMILES string of the molecule is CC(C)(C)O.CCCNC.N=C(C=O)c1ccccc1. The number of rotatable bonds is 4. The molecule has 114 valence electrons. The summed E-state index contributed by atoms with van der Waals surface area (Å²) in [6.45, 7) is 8.52. The highest BCUT2D eigenvalue weighted by molar-refractivity contribution is 6.34. The summed E-state index contributed by atoms with van der Waals surface area (Å²) >= 11 is 0. The predicted molar refractivity (Wildman–Crippen MR) is 85.5 cm³/mol. The van der Waals surface area contributed by atoms with Gasteiger partial charge in [-0.3, -0.25) is 10.2 Å². The number of nitrogens with one attached hydrogen (secondary N) is 2. The molecule has 4 nitrogen and oxygen atoms in total. The smallest absolute Gasteiger partial charge is 0.168 e. The van der Waals surface area contributed by atoms with E-state index in [1.54, 1.807) is 45.0 Å². The van der Waals surface area contributed by atoms with Crippen LogP contribution in [0.2, 0.25) is 0 Å². The molecule has 1 aromatic rings. The Morgan fingerprint density at radius 1 is 1.30 bits per heavy atom. The second-order valence-corrected chi connectivity index (χ2v) is 5.17. The van der Waals surface area contributed by atoms with Crippen molar-refractivity contribution in [1.29, 1.82) is 5.41 Å². The molecule has 0 radical (unpaired) electrons. The summed E-state index contributed by atoms with van der Waals surface area (Å²) in [5.41, 5.74) is 0.193. The van der Waals surface area contributed by atoms with Gasteiger partial charge in [-0.05, 0) is 40.8 Å². The van der Waals surface area contributed by atoms with Gasteiger partial charge in [0.15, 0.2) is 6.29 Å². The van der Waals surface area contributed by atoms with Crippen molar-refractivity contribution in [1.82, 2.24) is 5.32 Å². The highest BCUT2D eigenvalue weighted by atomic mass is 16.3. The number of hydrogen-bond donors (Lipinski definition) is 3. The Hall–Kier alpha value is -1.52. The Labute approximate surface area is 122 Å². The number of carbonyl (C=O) groups excluding carboxylic acids is 1. The Bertz CT molecular complexity index is 348. The molecule has 0 bridgehead atoms. The molecule has 0 aliphatic carbocycles. The van der Waals surface area contributed by atoms with Crippen molar-refractivity contribution in [2.75, 3.05) is 13.6 Å². The van der Waals surface area contributed by atoms with E-state index in [1.165, 1.54) is 6.42 Å². The maximum absolute atomic E-state index is 10.1. The van der Waals surface area contributed by atoms with E-state index in [0.717, 1.165) is 6.54 Å². The number of benzene rings is 1. The maximum atomic E-state index is 10.1. The fourth-order valence-electron chi connectivity index (χ4n) is 0.936. The van der Waals surface area contributed by atoms with E-state index in [4.69, 9.17) is 10.5 Å². The first-order valence-electron chi connectivity index (χ1n) is 6.72. The summed E-state index contributed by atoms with van der Waals surface area (Å²) in [6, 6.07) is 8.91. The largest absolute Gasteiger partial charge is 0.391 e. The fraction of sp³-hybridized carbons (Fsp3) is 0.500. The van der Waals surface area contributed by atoms with E-state index in [2.05, 4.69) is 12.2 Å². The lowest BCUT2D eigenvalue weighted by atomic mass is 10.1. The third-order valence-electron chi connectivity index (χ3n) is 1.70. The molecule has 4 heteroatoms. The third-order valence-corrected chi connectivity index (χ3v) is 1.70. The van der Waals surface area contributed by atoms with Crippen molar-refractivity contribution >= 4 is 12.0 Å². The molecule has 0 aliphatic rings. The summed E-state index contributed by atoms with van der Waals surface area (Å²) in [6.07, 6.45) is 1.77. The van der Waals surface area contributed by atoms with Crippen LogP contribution in [0.15, 0.2) is 30.3 Å². The monoisotopic (exact) mass is 280 g/mol. The summed E-state index contributed by atoms with van der Waals surface area (Å²) in [4.78, 5) is 10.1. The quantitative estimate of drug-likeness (QED) is 0.586. The molecule has 0 unspecified atom stereocenters. The molecule has 0 saturated heterocycles. The molecule has 0 saturated carbocycles. The van der Waals surface area contributed by atoms with Gasteiger partial charge in [0.05, 0.1) is 5.60 Å². The van der Waals surface area contributed by atoms with E-state index >= 15 is 0 Å². The molecular weight excluding hydrogens is 252 g/mol. The molecule has 0 heterocycles. The zero-order chi connectivity index (χ0) is 16.0. The first kappa shape index (κ1) is 20.8. The van der Waals surface area contributed by atoms with Crippen molar-refractivity contribution in [3.8, 4) is 0 Å². The van der Waals surface area contributed by atoms with Crippen molar-refractivity contribution in [3.05, 3.63) is 35.9 Å². The van der Waals surface area contributed by atoms with Gasteiger partial charge in [-0.25, -0.2) is 0 Å². The van der Waals surface area contributed by atoms with Gasteiger partial charge in [0.25, 0.3) is 0 Å². The zero-order valence-corrected chi connectivity index (χ0v) is 13.2. The molecule has 3 N–H and O–H groups in total. The minimum Gasteiger partial charge on any atom is -0.391 e. The van der Waals surface area contributed by atoms with Gasteiger partial charge in [0.2, 0.25) is 0 Å². The van der Waals surface area contributed by atoms with Crippen LogP contribution >= 0.6 is 0 Å². The number of aldehydes is 1. The normalized spacial score (nSPS) is 9.50. The van der Waals surface area contributed by atoms with Crippen LogP contribution in [-0.2, 0) is 4.79 Å². The van der Waals surface area contributed by atoms with E-state index in [1.807, 2.05) is 13.1 Å². The second-order valence-electron chi connectivity index (χ2n) is 5.17. The first-order valence-corrected chi connectivity index (χ1v) is 6.72. The third kappa shape index (κ3) is 18.8. The second kappa shape index (κ2) is 12.5. The van der Waals surface area contributed by atoms with Crippen LogP contribution in [0.5, 0.6) is 0 Å². The Kier molecular flexibility index (Phi) is 13.0. The van der Waals surface area contributed by atoms with E-state index in [9.17, 15) is 4.79 Å². The van der Waals surface area contributed by atoms with Crippen LogP contribution in [0.25, 0.3) is 0 Å². The van der Waals surface area contributed by atoms with Crippen LogP contribution in [0.4, 0.5) is 0 Å². The van der Waals surface area contributed by atoms with Crippen molar-refractivity contribution in [3.63, 3.8) is 0 Å². The number of hydrogen-bond acceptors (Lipinski definition) is 4. The van der Waals surface area contributed by atoms with Gasteiger partial charge >= 0.3 is 0 Å². The lowest BCUT2D eigenvalue weighted by Gasteiger charge is -2.04. The molecule has 0 atom stereocenters. The lowest BCUT2D eigenvalue weighted by Crippen LogP contribution is -2.10. The predicted octanol–water partition coefficient (Wildman–Crippen LogP) is 2.65. The topological polar surface area (TPSA) is 73.2 Å². The van der Waals surface area contributed by atoms with Gasteiger partial charge < -0.3 is 10.4 Å².